The molecule has 4 rings (SSSR count). The molecule has 1 saturated heterocycles. The summed E-state index contributed by atoms with van der Waals surface area (Å²) in [6, 6.07) is 5.60. The molecular formula is C16H19N7O2. The van der Waals surface area contributed by atoms with Crippen LogP contribution in [-0.4, -0.2) is 77.9 Å². The van der Waals surface area contributed by atoms with E-state index in [-0.39, 0.29) is 5.91 Å². The van der Waals surface area contributed by atoms with Crippen molar-refractivity contribution < 1.29 is 9.90 Å². The van der Waals surface area contributed by atoms with E-state index in [0.29, 0.717) is 38.4 Å². The molecule has 25 heavy (non-hydrogen) atoms. The Labute approximate surface area is 143 Å². The fraction of sp³-hybridized carbons (Fsp3) is 0.375. The summed E-state index contributed by atoms with van der Waals surface area (Å²) in [5, 5.41) is 20.7. The average Bonchev–Trinajstić information content (AvgIpc) is 3.23. The van der Waals surface area contributed by atoms with E-state index in [1.165, 1.54) is 0 Å². The van der Waals surface area contributed by atoms with Crippen molar-refractivity contribution in [1.82, 2.24) is 34.6 Å². The van der Waals surface area contributed by atoms with Crippen molar-refractivity contribution in [2.45, 2.75) is 12.6 Å². The number of hydrogen-bond donors (Lipinski definition) is 2. The number of nitrogens with zero attached hydrogens (tertiary/aromatic N) is 6. The lowest BCUT2D eigenvalue weighted by molar-refractivity contribution is 0.0656. The van der Waals surface area contributed by atoms with Crippen molar-refractivity contribution in [3.05, 3.63) is 48.2 Å². The minimum atomic E-state index is -0.613. The number of aromatic nitrogens is 5. The predicted octanol–water partition coefficient (Wildman–Crippen LogP) is -0.229. The largest absolute Gasteiger partial charge is 0.390 e. The maximum Gasteiger partial charge on any atom is 0.272 e. The number of carbonyl (C=O) groups excluding carboxylic acids is 1. The third kappa shape index (κ3) is 3.24. The van der Waals surface area contributed by atoms with E-state index < -0.39 is 6.10 Å². The molecule has 1 fully saturated rings. The van der Waals surface area contributed by atoms with Crippen LogP contribution in [0.25, 0.3) is 5.65 Å². The highest BCUT2D eigenvalue weighted by molar-refractivity contribution is 5.93. The van der Waals surface area contributed by atoms with Gasteiger partial charge < -0.3 is 10.0 Å². The van der Waals surface area contributed by atoms with Crippen molar-refractivity contribution in [2.24, 2.45) is 0 Å². The first-order valence-corrected chi connectivity index (χ1v) is 8.17. The van der Waals surface area contributed by atoms with E-state index in [9.17, 15) is 9.90 Å². The van der Waals surface area contributed by atoms with E-state index in [4.69, 9.17) is 0 Å². The molecule has 3 aromatic rings. The molecule has 0 bridgehead atoms. The Kier molecular flexibility index (Phi) is 4.16. The maximum absolute atomic E-state index is 12.9. The minimum Gasteiger partial charge on any atom is -0.390 e. The molecule has 4 heterocycles. The number of aliphatic hydroxyl groups is 1. The van der Waals surface area contributed by atoms with E-state index in [1.807, 2.05) is 24.4 Å². The van der Waals surface area contributed by atoms with E-state index in [2.05, 4.69) is 25.3 Å². The maximum atomic E-state index is 12.9. The monoisotopic (exact) mass is 341 g/mol. The second-order valence-corrected chi connectivity index (χ2v) is 6.17. The van der Waals surface area contributed by atoms with Gasteiger partial charge in [0.25, 0.3) is 5.91 Å². The van der Waals surface area contributed by atoms with Gasteiger partial charge in [-0.15, -0.1) is 0 Å². The molecule has 0 spiro atoms. The lowest BCUT2D eigenvalue weighted by atomic mass is 10.3. The van der Waals surface area contributed by atoms with Gasteiger partial charge in [0.2, 0.25) is 0 Å². The van der Waals surface area contributed by atoms with Gasteiger partial charge in [-0.1, -0.05) is 6.07 Å². The highest BCUT2D eigenvalue weighted by Crippen LogP contribution is 2.13. The van der Waals surface area contributed by atoms with Crippen LogP contribution in [0.4, 0.5) is 0 Å². The molecule has 3 aromatic heterocycles. The van der Waals surface area contributed by atoms with Crippen LogP contribution < -0.4 is 0 Å². The van der Waals surface area contributed by atoms with Gasteiger partial charge in [-0.25, -0.2) is 4.98 Å². The first kappa shape index (κ1) is 15.7. The minimum absolute atomic E-state index is 0.124. The van der Waals surface area contributed by atoms with Crippen molar-refractivity contribution in [3.8, 4) is 0 Å². The number of amides is 1. The molecule has 0 aromatic carbocycles. The number of H-pyrrole nitrogens is 1. The van der Waals surface area contributed by atoms with Gasteiger partial charge in [0, 0.05) is 38.9 Å². The summed E-state index contributed by atoms with van der Waals surface area (Å²) in [6.45, 7) is 2.57. The fourth-order valence-corrected chi connectivity index (χ4v) is 3.17. The summed E-state index contributed by atoms with van der Waals surface area (Å²) in [6.07, 6.45) is 4.46. The van der Waals surface area contributed by atoms with Crippen molar-refractivity contribution in [1.29, 1.82) is 0 Å². The zero-order valence-corrected chi connectivity index (χ0v) is 13.6. The number of imidazole rings is 1. The highest BCUT2D eigenvalue weighted by atomic mass is 16.3. The molecule has 1 aliphatic heterocycles. The Morgan fingerprint density at radius 1 is 1.28 bits per heavy atom. The molecule has 1 aliphatic rings. The van der Waals surface area contributed by atoms with Gasteiger partial charge in [-0.3, -0.25) is 14.1 Å². The molecule has 0 unspecified atom stereocenters. The van der Waals surface area contributed by atoms with Crippen LogP contribution in [0.15, 0.2) is 36.8 Å². The van der Waals surface area contributed by atoms with E-state index in [0.717, 1.165) is 11.3 Å². The fourth-order valence-electron chi connectivity index (χ4n) is 3.17. The number of aromatic amines is 1. The number of rotatable bonds is 3. The zero-order valence-electron chi connectivity index (χ0n) is 13.6. The van der Waals surface area contributed by atoms with Crippen LogP contribution >= 0.6 is 0 Å². The molecule has 9 heteroatoms. The van der Waals surface area contributed by atoms with Crippen LogP contribution in [0.5, 0.6) is 0 Å². The summed E-state index contributed by atoms with van der Waals surface area (Å²) in [7, 11) is 0. The van der Waals surface area contributed by atoms with Crippen LogP contribution in [0.2, 0.25) is 0 Å². The molecule has 0 aliphatic carbocycles. The Bertz CT molecular complexity index is 860. The number of carbonyl (C=O) groups is 1. The van der Waals surface area contributed by atoms with Crippen molar-refractivity contribution in [3.63, 3.8) is 0 Å². The lowest BCUT2D eigenvalue weighted by Crippen LogP contribution is -2.38. The van der Waals surface area contributed by atoms with Gasteiger partial charge in [0.05, 0.1) is 24.2 Å². The van der Waals surface area contributed by atoms with Gasteiger partial charge in [-0.05, 0) is 12.1 Å². The van der Waals surface area contributed by atoms with Gasteiger partial charge in [0.1, 0.15) is 11.3 Å². The van der Waals surface area contributed by atoms with Gasteiger partial charge >= 0.3 is 0 Å². The standard InChI is InChI=1S/C16H19N7O2/c24-13-10-21(9-12-7-18-20-19-12)5-6-22(11-13)16(25)14-8-17-15-3-1-2-4-23(14)15/h1-4,7-8,13,24H,5-6,9-11H2,(H,18,19,20)/t13-/m0/s1. The molecular weight excluding hydrogens is 322 g/mol. The third-order valence-corrected chi connectivity index (χ3v) is 4.36. The number of nitrogens with one attached hydrogen (secondary N) is 1. The third-order valence-electron chi connectivity index (χ3n) is 4.36. The Morgan fingerprint density at radius 3 is 3.04 bits per heavy atom. The second-order valence-electron chi connectivity index (χ2n) is 6.17. The molecule has 9 nitrogen and oxygen atoms in total. The summed E-state index contributed by atoms with van der Waals surface area (Å²) >= 11 is 0. The molecule has 2 N–H and O–H groups in total. The quantitative estimate of drug-likeness (QED) is 0.682. The summed E-state index contributed by atoms with van der Waals surface area (Å²) in [5.41, 5.74) is 2.05. The zero-order chi connectivity index (χ0) is 17.2. The summed E-state index contributed by atoms with van der Waals surface area (Å²) in [4.78, 5) is 20.9. The molecule has 1 atom stereocenters. The SMILES string of the molecule is O=C(c1cnc2ccccn12)N1CCN(Cc2cn[nH]n2)C[C@H](O)C1. The van der Waals surface area contributed by atoms with Crippen LogP contribution in [0, 0.1) is 0 Å². The normalized spacial score (nSPS) is 19.2. The molecule has 130 valence electrons. The van der Waals surface area contributed by atoms with Crippen molar-refractivity contribution in [2.75, 3.05) is 26.2 Å². The molecule has 1 amide bonds. The predicted molar refractivity (Wildman–Crippen MR) is 88.8 cm³/mol. The van der Waals surface area contributed by atoms with Crippen molar-refractivity contribution >= 4 is 11.6 Å². The van der Waals surface area contributed by atoms with E-state index >= 15 is 0 Å². The lowest BCUT2D eigenvalue weighted by Gasteiger charge is -2.21. The molecule has 0 saturated carbocycles. The highest BCUT2D eigenvalue weighted by Gasteiger charge is 2.27. The Balaban J connectivity index is 1.50. The van der Waals surface area contributed by atoms with Gasteiger partial charge in [-0.2, -0.15) is 15.4 Å². The van der Waals surface area contributed by atoms with E-state index in [1.54, 1.807) is 21.7 Å². The number of hydrogen-bond acceptors (Lipinski definition) is 6. The van der Waals surface area contributed by atoms with Gasteiger partial charge in [0.15, 0.2) is 0 Å². The smallest absolute Gasteiger partial charge is 0.272 e. The number of aliphatic hydroxyl groups excluding tert-OH is 1. The first-order valence-electron chi connectivity index (χ1n) is 8.17. The van der Waals surface area contributed by atoms with Crippen LogP contribution in [0.1, 0.15) is 16.2 Å². The number of β-amino-alcohol motifs (C(OH)–C–C–N with tert-alkyl or cyclic N) is 1. The summed E-state index contributed by atoms with van der Waals surface area (Å²) in [5.74, 6) is -0.124. The Hall–Kier alpha value is -2.78. The number of pyridine rings is 1. The molecule has 0 radical (unpaired) electrons. The Morgan fingerprint density at radius 2 is 2.20 bits per heavy atom. The number of fused-ring (bicyclic) bond motifs is 1. The first-order chi connectivity index (χ1) is 12.2. The van der Waals surface area contributed by atoms with Crippen LogP contribution in [-0.2, 0) is 6.54 Å². The topological polar surface area (TPSA) is 103 Å². The van der Waals surface area contributed by atoms with Crippen LogP contribution in [0.3, 0.4) is 0 Å². The second kappa shape index (κ2) is 6.61. The average molecular weight is 341 g/mol. The summed E-state index contributed by atoms with van der Waals surface area (Å²) < 4.78 is 1.77.